The zero-order valence-corrected chi connectivity index (χ0v) is 9.02. The van der Waals surface area contributed by atoms with Crippen LogP contribution < -0.4 is 11.1 Å². The van der Waals surface area contributed by atoms with E-state index in [-0.39, 0.29) is 5.91 Å². The molecule has 3 nitrogen and oxygen atoms in total. The molecule has 1 atom stereocenters. The smallest absolute Gasteiger partial charge is 0.237 e. The molecule has 0 bridgehead atoms. The van der Waals surface area contributed by atoms with Crippen LogP contribution in [-0.4, -0.2) is 18.0 Å². The highest BCUT2D eigenvalue weighted by molar-refractivity contribution is 5.84. The third kappa shape index (κ3) is 4.27. The van der Waals surface area contributed by atoms with E-state index in [2.05, 4.69) is 12.2 Å². The monoisotopic (exact) mass is 186 g/mol. The number of nitrogens with two attached hydrogens (primary N) is 1. The minimum atomic E-state index is -0.510. The van der Waals surface area contributed by atoms with Gasteiger partial charge in [-0.15, -0.1) is 0 Å². The summed E-state index contributed by atoms with van der Waals surface area (Å²) in [6, 6.07) is 0. The Hall–Kier alpha value is -0.570. The molecule has 1 unspecified atom stereocenters. The standard InChI is InChI=1S/C10H22N2O/c1-4-6-7-8-10(3,9(11)13)12-5-2/h12H,4-8H2,1-3H3,(H2,11,13). The topological polar surface area (TPSA) is 55.1 Å². The summed E-state index contributed by atoms with van der Waals surface area (Å²) >= 11 is 0. The molecular formula is C10H22N2O. The average Bonchev–Trinajstić information content (AvgIpc) is 2.05. The van der Waals surface area contributed by atoms with Gasteiger partial charge in [-0.1, -0.05) is 33.1 Å². The summed E-state index contributed by atoms with van der Waals surface area (Å²) in [6.07, 6.45) is 4.22. The maximum Gasteiger partial charge on any atom is 0.237 e. The summed E-state index contributed by atoms with van der Waals surface area (Å²) in [6.45, 7) is 6.80. The van der Waals surface area contributed by atoms with E-state index in [0.717, 1.165) is 25.8 Å². The van der Waals surface area contributed by atoms with Crippen molar-refractivity contribution in [1.82, 2.24) is 5.32 Å². The maximum atomic E-state index is 11.2. The quantitative estimate of drug-likeness (QED) is 0.591. The highest BCUT2D eigenvalue weighted by atomic mass is 16.1. The molecule has 0 fully saturated rings. The molecule has 1 amide bonds. The maximum absolute atomic E-state index is 11.2. The lowest BCUT2D eigenvalue weighted by molar-refractivity contribution is -0.124. The van der Waals surface area contributed by atoms with E-state index in [1.165, 1.54) is 6.42 Å². The van der Waals surface area contributed by atoms with Crippen LogP contribution in [0.15, 0.2) is 0 Å². The van der Waals surface area contributed by atoms with Crippen molar-refractivity contribution in [1.29, 1.82) is 0 Å². The van der Waals surface area contributed by atoms with Gasteiger partial charge in [0, 0.05) is 0 Å². The molecule has 0 rings (SSSR count). The Kier molecular flexibility index (Phi) is 5.71. The normalized spacial score (nSPS) is 15.3. The first-order valence-corrected chi connectivity index (χ1v) is 5.11. The summed E-state index contributed by atoms with van der Waals surface area (Å²) in [5.74, 6) is -0.245. The zero-order valence-electron chi connectivity index (χ0n) is 9.02. The number of hydrogen-bond acceptors (Lipinski definition) is 2. The molecule has 0 radical (unpaired) electrons. The van der Waals surface area contributed by atoms with Gasteiger partial charge >= 0.3 is 0 Å². The number of likely N-dealkylation sites (N-methyl/N-ethyl adjacent to an activating group) is 1. The predicted octanol–water partition coefficient (Wildman–Crippen LogP) is 1.42. The van der Waals surface area contributed by atoms with E-state index in [1.807, 2.05) is 13.8 Å². The fourth-order valence-corrected chi connectivity index (χ4v) is 1.42. The number of nitrogens with one attached hydrogen (secondary N) is 1. The van der Waals surface area contributed by atoms with Crippen LogP contribution in [0, 0.1) is 0 Å². The van der Waals surface area contributed by atoms with Crippen molar-refractivity contribution in [2.24, 2.45) is 5.73 Å². The Morgan fingerprint density at radius 1 is 1.38 bits per heavy atom. The Morgan fingerprint density at radius 3 is 2.38 bits per heavy atom. The fraction of sp³-hybridized carbons (Fsp3) is 0.900. The minimum Gasteiger partial charge on any atom is -0.368 e. The number of carbonyl (C=O) groups is 1. The Balaban J connectivity index is 4.00. The van der Waals surface area contributed by atoms with Gasteiger partial charge in [0.2, 0.25) is 5.91 Å². The molecule has 0 spiro atoms. The van der Waals surface area contributed by atoms with Crippen LogP contribution >= 0.6 is 0 Å². The highest BCUT2D eigenvalue weighted by Gasteiger charge is 2.28. The second-order valence-electron chi connectivity index (χ2n) is 3.68. The number of primary amides is 1. The summed E-state index contributed by atoms with van der Waals surface area (Å²) in [7, 11) is 0. The van der Waals surface area contributed by atoms with E-state index in [1.54, 1.807) is 0 Å². The molecule has 0 aliphatic carbocycles. The SMILES string of the molecule is CCCCCC(C)(NCC)C(N)=O. The first-order chi connectivity index (χ1) is 6.06. The van der Waals surface area contributed by atoms with E-state index >= 15 is 0 Å². The Labute approximate surface area is 81.1 Å². The predicted molar refractivity (Wildman–Crippen MR) is 55.4 cm³/mol. The Bertz CT molecular complexity index is 159. The lowest BCUT2D eigenvalue weighted by atomic mass is 9.93. The summed E-state index contributed by atoms with van der Waals surface area (Å²) in [5.41, 5.74) is 4.83. The van der Waals surface area contributed by atoms with Gasteiger partial charge in [0.25, 0.3) is 0 Å². The fourth-order valence-electron chi connectivity index (χ4n) is 1.42. The molecule has 0 aromatic carbocycles. The molecule has 78 valence electrons. The lowest BCUT2D eigenvalue weighted by Crippen LogP contribution is -2.52. The number of hydrogen-bond donors (Lipinski definition) is 2. The van der Waals surface area contributed by atoms with E-state index in [0.29, 0.717) is 0 Å². The molecular weight excluding hydrogens is 164 g/mol. The van der Waals surface area contributed by atoms with Crippen molar-refractivity contribution in [3.05, 3.63) is 0 Å². The van der Waals surface area contributed by atoms with E-state index in [4.69, 9.17) is 5.73 Å². The zero-order chi connectivity index (χ0) is 10.3. The van der Waals surface area contributed by atoms with Crippen LogP contribution in [0.2, 0.25) is 0 Å². The van der Waals surface area contributed by atoms with Gasteiger partial charge in [-0.2, -0.15) is 0 Å². The first kappa shape index (κ1) is 12.4. The molecule has 0 aromatic heterocycles. The molecule has 0 heterocycles. The van der Waals surface area contributed by atoms with Crippen LogP contribution in [-0.2, 0) is 4.79 Å². The molecule has 0 aromatic rings. The summed E-state index contributed by atoms with van der Waals surface area (Å²) in [5, 5.41) is 3.14. The van der Waals surface area contributed by atoms with Gasteiger partial charge < -0.3 is 11.1 Å². The molecule has 13 heavy (non-hydrogen) atoms. The number of carbonyl (C=O) groups excluding carboxylic acids is 1. The third-order valence-electron chi connectivity index (χ3n) is 2.39. The van der Waals surface area contributed by atoms with Crippen LogP contribution in [0.3, 0.4) is 0 Å². The molecule has 0 aliphatic rings. The van der Waals surface area contributed by atoms with Gasteiger partial charge in [0.1, 0.15) is 0 Å². The Morgan fingerprint density at radius 2 is 2.00 bits per heavy atom. The minimum absolute atomic E-state index is 0.245. The van der Waals surface area contributed by atoms with Gasteiger partial charge in [0.05, 0.1) is 5.54 Å². The third-order valence-corrected chi connectivity index (χ3v) is 2.39. The van der Waals surface area contributed by atoms with Crippen LogP contribution in [0.5, 0.6) is 0 Å². The lowest BCUT2D eigenvalue weighted by Gasteiger charge is -2.26. The first-order valence-electron chi connectivity index (χ1n) is 5.11. The van der Waals surface area contributed by atoms with Crippen molar-refractivity contribution in [3.63, 3.8) is 0 Å². The van der Waals surface area contributed by atoms with Crippen molar-refractivity contribution >= 4 is 5.91 Å². The molecule has 3 N–H and O–H groups in total. The largest absolute Gasteiger partial charge is 0.368 e. The van der Waals surface area contributed by atoms with Crippen LogP contribution in [0.1, 0.15) is 46.5 Å². The van der Waals surface area contributed by atoms with Crippen molar-refractivity contribution in [2.45, 2.75) is 52.0 Å². The van der Waals surface area contributed by atoms with Crippen LogP contribution in [0.4, 0.5) is 0 Å². The van der Waals surface area contributed by atoms with Gasteiger partial charge in [-0.05, 0) is 19.9 Å². The summed E-state index contributed by atoms with van der Waals surface area (Å²) < 4.78 is 0. The van der Waals surface area contributed by atoms with Gasteiger partial charge in [-0.3, -0.25) is 4.79 Å². The van der Waals surface area contributed by atoms with Crippen molar-refractivity contribution in [2.75, 3.05) is 6.54 Å². The van der Waals surface area contributed by atoms with Crippen molar-refractivity contribution in [3.8, 4) is 0 Å². The second-order valence-corrected chi connectivity index (χ2v) is 3.68. The van der Waals surface area contributed by atoms with E-state index < -0.39 is 5.54 Å². The number of amides is 1. The highest BCUT2D eigenvalue weighted by Crippen LogP contribution is 2.13. The number of rotatable bonds is 7. The summed E-state index contributed by atoms with van der Waals surface area (Å²) in [4.78, 5) is 11.2. The van der Waals surface area contributed by atoms with E-state index in [9.17, 15) is 4.79 Å². The van der Waals surface area contributed by atoms with Crippen LogP contribution in [0.25, 0.3) is 0 Å². The molecule has 0 saturated carbocycles. The van der Waals surface area contributed by atoms with Gasteiger partial charge in [-0.25, -0.2) is 0 Å². The molecule has 0 aliphatic heterocycles. The number of unbranched alkanes of at least 4 members (excludes halogenated alkanes) is 2. The van der Waals surface area contributed by atoms with Gasteiger partial charge in [0.15, 0.2) is 0 Å². The molecule has 3 heteroatoms. The average molecular weight is 186 g/mol. The second kappa shape index (κ2) is 5.97. The molecule has 0 saturated heterocycles. The van der Waals surface area contributed by atoms with Crippen molar-refractivity contribution < 1.29 is 4.79 Å².